The third kappa shape index (κ3) is 4.98. The Labute approximate surface area is 196 Å². The van der Waals surface area contributed by atoms with E-state index in [-0.39, 0.29) is 25.5 Å². The summed E-state index contributed by atoms with van der Waals surface area (Å²) in [5.41, 5.74) is 4.87. The van der Waals surface area contributed by atoms with E-state index in [1.54, 1.807) is 0 Å². The quantitative estimate of drug-likeness (QED) is 0.421. The molecule has 0 saturated carbocycles. The van der Waals surface area contributed by atoms with Gasteiger partial charge in [-0.2, -0.15) is 5.10 Å². The van der Waals surface area contributed by atoms with Gasteiger partial charge in [-0.05, 0) is 28.7 Å². The third-order valence-corrected chi connectivity index (χ3v) is 5.56. The molecule has 0 radical (unpaired) electrons. The first kappa shape index (κ1) is 22.8. The molecule has 0 saturated heterocycles. The van der Waals surface area contributed by atoms with Crippen LogP contribution in [0, 0.1) is 0 Å². The van der Waals surface area contributed by atoms with Gasteiger partial charge in [0.1, 0.15) is 19.2 Å². The summed E-state index contributed by atoms with van der Waals surface area (Å²) in [7, 11) is 0. The number of nitrogens with one attached hydrogen (secondary N) is 2. The van der Waals surface area contributed by atoms with Crippen LogP contribution >= 0.6 is 0 Å². The molecule has 1 atom stereocenters. The zero-order chi connectivity index (χ0) is 24.1. The lowest BCUT2D eigenvalue weighted by molar-refractivity contribution is -0.141. The number of carbonyl (C=O) groups excluding carboxylic acids is 2. The predicted octanol–water partition coefficient (Wildman–Crippen LogP) is 3.39. The lowest BCUT2D eigenvalue weighted by atomic mass is 9.98. The molecule has 1 aliphatic rings. The van der Waals surface area contributed by atoms with Gasteiger partial charge in [0.25, 0.3) is 0 Å². The number of benzene rings is 2. The molecule has 34 heavy (non-hydrogen) atoms. The normalized spacial score (nSPS) is 12.8. The number of amides is 2. The zero-order valence-electron chi connectivity index (χ0n) is 18.3. The minimum absolute atomic E-state index is 0.0534. The van der Waals surface area contributed by atoms with E-state index >= 15 is 0 Å². The van der Waals surface area contributed by atoms with Crippen LogP contribution in [0.5, 0.6) is 0 Å². The molecule has 0 fully saturated rings. The molecule has 0 aliphatic heterocycles. The van der Waals surface area contributed by atoms with Crippen LogP contribution in [0.3, 0.4) is 0 Å². The number of hydrogen-bond donors (Lipinski definition) is 3. The summed E-state index contributed by atoms with van der Waals surface area (Å²) in [6.07, 6.45) is 3.73. The number of rotatable bonds is 9. The molecule has 1 unspecified atom stereocenters. The monoisotopic (exact) mass is 460 g/mol. The summed E-state index contributed by atoms with van der Waals surface area (Å²) < 4.78 is 6.79. The molecule has 174 valence electrons. The number of anilines is 1. The van der Waals surface area contributed by atoms with Crippen LogP contribution in [0.4, 0.5) is 10.5 Å². The molecule has 9 heteroatoms. The summed E-state index contributed by atoms with van der Waals surface area (Å²) in [6.45, 7) is 3.46. The summed E-state index contributed by atoms with van der Waals surface area (Å²) in [4.78, 5) is 35.6. The third-order valence-electron chi connectivity index (χ3n) is 5.56. The Kier molecular flexibility index (Phi) is 6.72. The Balaban J connectivity index is 1.32. The number of aromatic nitrogens is 2. The van der Waals surface area contributed by atoms with Crippen LogP contribution in [0.2, 0.25) is 0 Å². The second kappa shape index (κ2) is 10.0. The van der Waals surface area contributed by atoms with Gasteiger partial charge in [0.2, 0.25) is 5.91 Å². The first-order valence-electron chi connectivity index (χ1n) is 10.7. The molecular weight excluding hydrogens is 436 g/mol. The van der Waals surface area contributed by atoms with Crippen molar-refractivity contribution >= 4 is 23.7 Å². The Morgan fingerprint density at radius 2 is 1.76 bits per heavy atom. The van der Waals surface area contributed by atoms with Crippen LogP contribution in [0.25, 0.3) is 11.1 Å². The minimum Gasteiger partial charge on any atom is -0.480 e. The summed E-state index contributed by atoms with van der Waals surface area (Å²) >= 11 is 0. The molecule has 1 aliphatic carbocycles. The highest BCUT2D eigenvalue weighted by Crippen LogP contribution is 2.44. The number of carbonyl (C=O) groups is 3. The van der Waals surface area contributed by atoms with Crippen molar-refractivity contribution in [1.82, 2.24) is 15.1 Å². The molecule has 4 rings (SSSR count). The zero-order valence-corrected chi connectivity index (χ0v) is 18.3. The van der Waals surface area contributed by atoms with Gasteiger partial charge >= 0.3 is 12.1 Å². The van der Waals surface area contributed by atoms with Crippen molar-refractivity contribution in [2.24, 2.45) is 0 Å². The molecule has 2 amide bonds. The molecule has 2 aromatic carbocycles. The van der Waals surface area contributed by atoms with E-state index in [0.717, 1.165) is 22.3 Å². The number of nitrogens with zero attached hydrogens (tertiary/aromatic N) is 2. The first-order chi connectivity index (χ1) is 16.5. The Morgan fingerprint density at radius 1 is 1.12 bits per heavy atom. The number of carboxylic acid groups (broad SMARTS) is 1. The standard InChI is InChI=1S/C25H24N4O5/c1-2-7-22(24(31)32)28-23(30)14-29-13-16(12-26-29)27-25(33)34-15-21-19-10-5-3-8-17(19)18-9-4-6-11-20(18)21/h2-6,8-13,21-22H,1,7,14-15H2,(H,27,33)(H,28,30)(H,31,32). The molecule has 3 aromatic rings. The van der Waals surface area contributed by atoms with Crippen molar-refractivity contribution in [2.45, 2.75) is 24.9 Å². The molecule has 1 aromatic heterocycles. The van der Waals surface area contributed by atoms with Crippen LogP contribution in [0.15, 0.2) is 73.6 Å². The fourth-order valence-electron chi connectivity index (χ4n) is 4.04. The highest BCUT2D eigenvalue weighted by molar-refractivity contribution is 5.85. The van der Waals surface area contributed by atoms with Crippen LogP contribution in [-0.2, 0) is 20.9 Å². The number of carboxylic acids is 1. The van der Waals surface area contributed by atoms with Gasteiger partial charge in [0.05, 0.1) is 11.9 Å². The molecule has 0 spiro atoms. The van der Waals surface area contributed by atoms with Crippen LogP contribution in [0.1, 0.15) is 23.5 Å². The van der Waals surface area contributed by atoms with E-state index in [1.807, 2.05) is 36.4 Å². The van der Waals surface area contributed by atoms with Crippen LogP contribution in [-0.4, -0.2) is 45.5 Å². The maximum absolute atomic E-state index is 12.4. The molecule has 3 N–H and O–H groups in total. The molecule has 1 heterocycles. The van der Waals surface area contributed by atoms with Crippen LogP contribution < -0.4 is 10.6 Å². The molecule has 0 bridgehead atoms. The Bertz CT molecular complexity index is 1190. The van der Waals surface area contributed by atoms with Crippen molar-refractivity contribution in [3.63, 3.8) is 0 Å². The first-order valence-corrected chi connectivity index (χ1v) is 10.7. The number of hydrogen-bond acceptors (Lipinski definition) is 5. The van der Waals surface area contributed by atoms with E-state index in [4.69, 9.17) is 9.84 Å². The Morgan fingerprint density at radius 3 is 2.38 bits per heavy atom. The summed E-state index contributed by atoms with van der Waals surface area (Å²) in [5.74, 6) is -1.72. The Hall–Kier alpha value is -4.40. The summed E-state index contributed by atoms with van der Waals surface area (Å²) in [5, 5.41) is 18.1. The SMILES string of the molecule is C=CCC(NC(=O)Cn1cc(NC(=O)OCC2c3ccccc3-c3ccccc32)cn1)C(=O)O. The van der Waals surface area contributed by atoms with Gasteiger partial charge in [-0.1, -0.05) is 54.6 Å². The minimum atomic E-state index is -1.15. The van der Waals surface area contributed by atoms with Gasteiger partial charge in [-0.15, -0.1) is 6.58 Å². The fourth-order valence-corrected chi connectivity index (χ4v) is 4.04. The lowest BCUT2D eigenvalue weighted by Crippen LogP contribution is -2.42. The maximum atomic E-state index is 12.4. The van der Waals surface area contributed by atoms with E-state index in [9.17, 15) is 14.4 Å². The van der Waals surface area contributed by atoms with Gasteiger partial charge in [0.15, 0.2) is 0 Å². The molecule has 9 nitrogen and oxygen atoms in total. The number of aliphatic carboxylic acids is 1. The highest BCUT2D eigenvalue weighted by Gasteiger charge is 2.29. The number of ether oxygens (including phenoxy) is 1. The van der Waals surface area contributed by atoms with Crippen molar-refractivity contribution in [3.8, 4) is 11.1 Å². The van der Waals surface area contributed by atoms with Gasteiger partial charge < -0.3 is 15.2 Å². The van der Waals surface area contributed by atoms with E-state index in [0.29, 0.717) is 5.69 Å². The lowest BCUT2D eigenvalue weighted by Gasteiger charge is -2.14. The molecular formula is C25H24N4O5. The maximum Gasteiger partial charge on any atom is 0.411 e. The van der Waals surface area contributed by atoms with E-state index < -0.39 is 24.0 Å². The van der Waals surface area contributed by atoms with Gasteiger partial charge in [-0.25, -0.2) is 9.59 Å². The van der Waals surface area contributed by atoms with Gasteiger partial charge in [-0.3, -0.25) is 14.8 Å². The van der Waals surface area contributed by atoms with Gasteiger partial charge in [0, 0.05) is 12.1 Å². The van der Waals surface area contributed by atoms with Crippen molar-refractivity contribution in [3.05, 3.63) is 84.7 Å². The number of fused-ring (bicyclic) bond motifs is 3. The van der Waals surface area contributed by atoms with E-state index in [1.165, 1.54) is 23.2 Å². The fraction of sp³-hybridized carbons (Fsp3) is 0.200. The van der Waals surface area contributed by atoms with Crippen molar-refractivity contribution < 1.29 is 24.2 Å². The average molecular weight is 460 g/mol. The average Bonchev–Trinajstić information content (AvgIpc) is 3.39. The largest absolute Gasteiger partial charge is 0.480 e. The predicted molar refractivity (Wildman–Crippen MR) is 125 cm³/mol. The highest BCUT2D eigenvalue weighted by atomic mass is 16.5. The topological polar surface area (TPSA) is 123 Å². The van der Waals surface area contributed by atoms with Crippen molar-refractivity contribution in [1.29, 1.82) is 0 Å². The van der Waals surface area contributed by atoms with Crippen molar-refractivity contribution in [2.75, 3.05) is 11.9 Å². The second-order valence-electron chi connectivity index (χ2n) is 7.86. The smallest absolute Gasteiger partial charge is 0.411 e. The van der Waals surface area contributed by atoms with E-state index in [2.05, 4.69) is 34.4 Å². The second-order valence-corrected chi connectivity index (χ2v) is 7.86. The summed E-state index contributed by atoms with van der Waals surface area (Å²) in [6, 6.07) is 15.1.